The third-order valence-electron chi connectivity index (χ3n) is 3.75. The van der Waals surface area contributed by atoms with E-state index < -0.39 is 23.3 Å². The van der Waals surface area contributed by atoms with Gasteiger partial charge in [0.05, 0.1) is 14.2 Å². The molecule has 1 aliphatic rings. The van der Waals surface area contributed by atoms with Gasteiger partial charge in [-0.05, 0) is 12.3 Å². The Morgan fingerprint density at radius 1 is 1.17 bits per heavy atom. The van der Waals surface area contributed by atoms with Crippen molar-refractivity contribution < 1.29 is 23.9 Å². The lowest BCUT2D eigenvalue weighted by Gasteiger charge is -2.12. The van der Waals surface area contributed by atoms with Crippen LogP contribution in [0.15, 0.2) is 0 Å². The molecule has 0 bridgehead atoms. The fourth-order valence-electron chi connectivity index (χ4n) is 2.71. The van der Waals surface area contributed by atoms with Crippen LogP contribution in [0.2, 0.25) is 0 Å². The normalized spacial score (nSPS) is 24.2. The van der Waals surface area contributed by atoms with Gasteiger partial charge in [-0.3, -0.25) is 9.59 Å². The molecule has 0 spiro atoms. The van der Waals surface area contributed by atoms with E-state index >= 15 is 0 Å². The van der Waals surface area contributed by atoms with Gasteiger partial charge < -0.3 is 14.3 Å². The van der Waals surface area contributed by atoms with Gasteiger partial charge in [0.1, 0.15) is 6.29 Å². The maximum Gasteiger partial charge on any atom is 0.324 e. The topological polar surface area (TPSA) is 69.7 Å². The number of hydrogen-bond acceptors (Lipinski definition) is 5. The second-order valence-corrected chi connectivity index (χ2v) is 4.62. The molecule has 102 valence electrons. The minimum Gasteiger partial charge on any atom is -0.468 e. The van der Waals surface area contributed by atoms with Crippen LogP contribution >= 0.6 is 0 Å². The molecule has 0 N–H and O–H groups in total. The van der Waals surface area contributed by atoms with Gasteiger partial charge in [0.15, 0.2) is 5.41 Å². The highest BCUT2D eigenvalue weighted by Crippen LogP contribution is 2.61. The van der Waals surface area contributed by atoms with Crippen molar-refractivity contribution in [3.8, 4) is 0 Å². The lowest BCUT2D eigenvalue weighted by molar-refractivity contribution is -0.163. The summed E-state index contributed by atoms with van der Waals surface area (Å²) in [5.41, 5.74) is -1.39. The molecule has 1 aliphatic carbocycles. The molecule has 1 saturated carbocycles. The zero-order valence-electron chi connectivity index (χ0n) is 11.1. The van der Waals surface area contributed by atoms with Crippen molar-refractivity contribution in [2.45, 2.75) is 32.6 Å². The Kier molecular flexibility index (Phi) is 4.87. The maximum absolute atomic E-state index is 11.8. The van der Waals surface area contributed by atoms with Crippen molar-refractivity contribution in [2.24, 2.45) is 17.3 Å². The predicted octanol–water partition coefficient (Wildman–Crippen LogP) is 1.34. The van der Waals surface area contributed by atoms with Crippen LogP contribution in [0.25, 0.3) is 0 Å². The number of carbonyl (C=O) groups excluding carboxylic acids is 3. The van der Waals surface area contributed by atoms with Gasteiger partial charge >= 0.3 is 11.9 Å². The third-order valence-corrected chi connectivity index (χ3v) is 3.75. The zero-order chi connectivity index (χ0) is 13.8. The molecular weight excluding hydrogens is 236 g/mol. The molecule has 0 aromatic heterocycles. The average Bonchev–Trinajstić information content (AvgIpc) is 3.06. The first-order valence-corrected chi connectivity index (χ1v) is 6.23. The third kappa shape index (κ3) is 2.13. The largest absolute Gasteiger partial charge is 0.468 e. The van der Waals surface area contributed by atoms with Crippen molar-refractivity contribution in [3.05, 3.63) is 0 Å². The Hall–Kier alpha value is -1.39. The molecule has 0 aromatic carbocycles. The van der Waals surface area contributed by atoms with E-state index in [1.807, 2.05) is 0 Å². The summed E-state index contributed by atoms with van der Waals surface area (Å²) in [6, 6.07) is 0. The Labute approximate surface area is 107 Å². The number of ether oxygens (including phenoxy) is 2. The molecule has 5 nitrogen and oxygen atoms in total. The van der Waals surface area contributed by atoms with Crippen LogP contribution in [-0.2, 0) is 23.9 Å². The molecule has 0 amide bonds. The van der Waals surface area contributed by atoms with E-state index in [0.717, 1.165) is 19.3 Å². The van der Waals surface area contributed by atoms with E-state index in [9.17, 15) is 14.4 Å². The SMILES string of the molecule is CCCCC[C@@H]1[C@@H](C=O)C1(C(=O)OC)C(=O)OC. The average molecular weight is 256 g/mol. The van der Waals surface area contributed by atoms with E-state index in [1.165, 1.54) is 14.2 Å². The monoisotopic (exact) mass is 256 g/mol. The molecule has 0 radical (unpaired) electrons. The van der Waals surface area contributed by atoms with Crippen LogP contribution in [0, 0.1) is 17.3 Å². The highest BCUT2D eigenvalue weighted by atomic mass is 16.5. The van der Waals surface area contributed by atoms with Crippen molar-refractivity contribution in [1.29, 1.82) is 0 Å². The lowest BCUT2D eigenvalue weighted by atomic mass is 10.00. The fraction of sp³-hybridized carbons (Fsp3) is 0.769. The number of unbranched alkanes of at least 4 members (excludes halogenated alkanes) is 2. The van der Waals surface area contributed by atoms with Crippen LogP contribution < -0.4 is 0 Å². The van der Waals surface area contributed by atoms with E-state index in [0.29, 0.717) is 12.7 Å². The lowest BCUT2D eigenvalue weighted by Crippen LogP contribution is -2.32. The van der Waals surface area contributed by atoms with Gasteiger partial charge in [-0.15, -0.1) is 0 Å². The van der Waals surface area contributed by atoms with Gasteiger partial charge in [0.25, 0.3) is 0 Å². The summed E-state index contributed by atoms with van der Waals surface area (Å²) in [4.78, 5) is 34.7. The quantitative estimate of drug-likeness (QED) is 0.297. The maximum atomic E-state index is 11.8. The number of hydrogen-bond donors (Lipinski definition) is 0. The first-order valence-electron chi connectivity index (χ1n) is 6.23. The predicted molar refractivity (Wildman–Crippen MR) is 63.7 cm³/mol. The van der Waals surface area contributed by atoms with Crippen LogP contribution in [0.1, 0.15) is 32.6 Å². The molecule has 0 aliphatic heterocycles. The number of carbonyl (C=O) groups is 3. The summed E-state index contributed by atoms with van der Waals surface area (Å²) in [6.45, 7) is 2.07. The van der Waals surface area contributed by atoms with Crippen molar-refractivity contribution in [2.75, 3.05) is 14.2 Å². The minimum atomic E-state index is -1.39. The van der Waals surface area contributed by atoms with E-state index in [2.05, 4.69) is 16.4 Å². The molecular formula is C13H20O5. The van der Waals surface area contributed by atoms with Crippen LogP contribution in [-0.4, -0.2) is 32.4 Å². The molecule has 1 rings (SSSR count). The van der Waals surface area contributed by atoms with Crippen LogP contribution in [0.5, 0.6) is 0 Å². The summed E-state index contributed by atoms with van der Waals surface area (Å²) in [7, 11) is 2.44. The number of methoxy groups -OCH3 is 2. The number of rotatable bonds is 7. The first kappa shape index (κ1) is 14.7. The molecule has 5 heteroatoms. The summed E-state index contributed by atoms with van der Waals surface area (Å²) in [5.74, 6) is -2.20. The first-order chi connectivity index (χ1) is 8.60. The molecule has 1 fully saturated rings. The van der Waals surface area contributed by atoms with E-state index in [1.54, 1.807) is 0 Å². The highest BCUT2D eigenvalue weighted by molar-refractivity contribution is 6.07. The molecule has 0 saturated heterocycles. The van der Waals surface area contributed by atoms with Gasteiger partial charge in [-0.2, -0.15) is 0 Å². The van der Waals surface area contributed by atoms with Crippen molar-refractivity contribution in [3.63, 3.8) is 0 Å². The Balaban J connectivity index is 2.86. The second kappa shape index (κ2) is 5.98. The molecule has 2 atom stereocenters. The van der Waals surface area contributed by atoms with Crippen LogP contribution in [0.3, 0.4) is 0 Å². The van der Waals surface area contributed by atoms with Gasteiger partial charge in [0.2, 0.25) is 0 Å². The highest BCUT2D eigenvalue weighted by Gasteiger charge is 2.75. The molecule has 0 unspecified atom stereocenters. The van der Waals surface area contributed by atoms with Crippen molar-refractivity contribution >= 4 is 18.2 Å². The number of esters is 2. The van der Waals surface area contributed by atoms with Crippen LogP contribution in [0.4, 0.5) is 0 Å². The summed E-state index contributed by atoms with van der Waals surface area (Å²) in [5, 5.41) is 0. The minimum absolute atomic E-state index is 0.276. The van der Waals surface area contributed by atoms with E-state index in [-0.39, 0.29) is 5.92 Å². The van der Waals surface area contributed by atoms with Gasteiger partial charge in [-0.1, -0.05) is 26.2 Å². The summed E-state index contributed by atoms with van der Waals surface area (Å²) in [6.07, 6.45) is 4.29. The standard InChI is InChI=1S/C13H20O5/c1-4-5-6-7-9-10(8-14)13(9,11(15)17-2)12(16)18-3/h8-10H,4-7H2,1-3H3/t9-,10-/m1/s1. The second-order valence-electron chi connectivity index (χ2n) is 4.62. The van der Waals surface area contributed by atoms with Gasteiger partial charge in [0, 0.05) is 5.92 Å². The molecule has 0 heterocycles. The Morgan fingerprint density at radius 3 is 2.11 bits per heavy atom. The summed E-state index contributed by atoms with van der Waals surface area (Å²) >= 11 is 0. The Morgan fingerprint density at radius 2 is 1.72 bits per heavy atom. The molecule has 0 aromatic rings. The van der Waals surface area contributed by atoms with E-state index in [4.69, 9.17) is 0 Å². The number of aldehydes is 1. The smallest absolute Gasteiger partial charge is 0.324 e. The zero-order valence-corrected chi connectivity index (χ0v) is 11.1. The van der Waals surface area contributed by atoms with Crippen molar-refractivity contribution in [1.82, 2.24) is 0 Å². The fourth-order valence-corrected chi connectivity index (χ4v) is 2.71. The Bertz CT molecular complexity index is 320. The molecule has 18 heavy (non-hydrogen) atoms. The van der Waals surface area contributed by atoms with Gasteiger partial charge in [-0.25, -0.2) is 0 Å². The summed E-state index contributed by atoms with van der Waals surface area (Å²) < 4.78 is 9.34.